The molecule has 0 aliphatic carbocycles. The lowest BCUT2D eigenvalue weighted by molar-refractivity contribution is -0.384. The summed E-state index contributed by atoms with van der Waals surface area (Å²) < 4.78 is 5.32. The maximum absolute atomic E-state index is 12.2. The van der Waals surface area contributed by atoms with Crippen LogP contribution in [0.2, 0.25) is 0 Å². The number of hydrogen-bond acceptors (Lipinski definition) is 6. The molecule has 8 nitrogen and oxygen atoms in total. The normalized spacial score (nSPS) is 17.6. The minimum Gasteiger partial charge on any atom is -0.484 e. The maximum Gasteiger partial charge on any atom is 0.305 e. The van der Waals surface area contributed by atoms with Gasteiger partial charge in [0.15, 0.2) is 6.61 Å². The molecule has 1 fully saturated rings. The van der Waals surface area contributed by atoms with E-state index >= 15 is 0 Å². The number of non-ortho nitro benzene ring substituents is 1. The standard InChI is InChI=1S/C14H16N2O6S/c17-13(15-4-5-23-9-11(15)7-14(18)19)8-22-12-3-1-2-10(6-12)16(20)21/h1-3,6,11H,4-5,7-9H2,(H,18,19). The summed E-state index contributed by atoms with van der Waals surface area (Å²) in [4.78, 5) is 34.8. The third-order valence-corrected chi connectivity index (χ3v) is 4.44. The van der Waals surface area contributed by atoms with Gasteiger partial charge in [-0.05, 0) is 6.07 Å². The van der Waals surface area contributed by atoms with Crippen LogP contribution in [-0.4, -0.2) is 57.5 Å². The predicted octanol–water partition coefficient (Wildman–Crippen LogP) is 1.39. The molecule has 1 aliphatic heterocycles. The number of nitro groups is 1. The molecule has 2 rings (SSSR count). The Morgan fingerprint density at radius 1 is 1.48 bits per heavy atom. The Bertz CT molecular complexity index is 609. The summed E-state index contributed by atoms with van der Waals surface area (Å²) in [6, 6.07) is 5.23. The van der Waals surface area contributed by atoms with Gasteiger partial charge in [-0.2, -0.15) is 11.8 Å². The molecule has 9 heteroatoms. The topological polar surface area (TPSA) is 110 Å². The molecular formula is C14H16N2O6S. The minimum atomic E-state index is -0.949. The van der Waals surface area contributed by atoms with Gasteiger partial charge in [-0.1, -0.05) is 6.07 Å². The molecule has 0 saturated carbocycles. The number of rotatable bonds is 6. The van der Waals surface area contributed by atoms with Crippen molar-refractivity contribution < 1.29 is 24.4 Å². The predicted molar refractivity (Wildman–Crippen MR) is 83.7 cm³/mol. The summed E-state index contributed by atoms with van der Waals surface area (Å²) in [7, 11) is 0. The van der Waals surface area contributed by atoms with Crippen molar-refractivity contribution in [1.29, 1.82) is 0 Å². The number of carboxylic acids is 1. The van der Waals surface area contributed by atoms with Gasteiger partial charge in [0.25, 0.3) is 11.6 Å². The van der Waals surface area contributed by atoms with Crippen LogP contribution in [0.15, 0.2) is 24.3 Å². The van der Waals surface area contributed by atoms with E-state index < -0.39 is 10.9 Å². The number of carbonyl (C=O) groups is 2. The zero-order valence-electron chi connectivity index (χ0n) is 12.2. The first kappa shape index (κ1) is 17.1. The van der Waals surface area contributed by atoms with Crippen molar-refractivity contribution in [2.24, 2.45) is 0 Å². The summed E-state index contributed by atoms with van der Waals surface area (Å²) in [5.74, 6) is 0.291. The number of aliphatic carboxylic acids is 1. The van der Waals surface area contributed by atoms with E-state index in [1.807, 2.05) is 0 Å². The van der Waals surface area contributed by atoms with E-state index in [-0.39, 0.29) is 36.4 Å². The molecule has 0 aromatic heterocycles. The monoisotopic (exact) mass is 340 g/mol. The van der Waals surface area contributed by atoms with Gasteiger partial charge in [-0.3, -0.25) is 19.7 Å². The molecular weight excluding hydrogens is 324 g/mol. The Balaban J connectivity index is 1.96. The van der Waals surface area contributed by atoms with Gasteiger partial charge in [-0.15, -0.1) is 0 Å². The van der Waals surface area contributed by atoms with Crippen molar-refractivity contribution in [3.05, 3.63) is 34.4 Å². The average Bonchev–Trinajstić information content (AvgIpc) is 2.53. The molecule has 1 N–H and O–H groups in total. The Morgan fingerprint density at radius 2 is 2.26 bits per heavy atom. The van der Waals surface area contributed by atoms with Crippen LogP contribution in [0.3, 0.4) is 0 Å². The molecule has 1 aromatic carbocycles. The highest BCUT2D eigenvalue weighted by Crippen LogP contribution is 2.21. The van der Waals surface area contributed by atoms with Crippen LogP contribution in [0.25, 0.3) is 0 Å². The number of thioether (sulfide) groups is 1. The summed E-state index contributed by atoms with van der Waals surface area (Å²) in [5.41, 5.74) is -0.118. The molecule has 124 valence electrons. The summed E-state index contributed by atoms with van der Waals surface area (Å²) in [5, 5.41) is 19.6. The highest BCUT2D eigenvalue weighted by atomic mass is 32.2. The first-order valence-electron chi connectivity index (χ1n) is 6.93. The van der Waals surface area contributed by atoms with E-state index in [1.165, 1.54) is 29.2 Å². The van der Waals surface area contributed by atoms with E-state index in [9.17, 15) is 19.7 Å². The fourth-order valence-electron chi connectivity index (χ4n) is 2.27. The molecule has 1 aliphatic rings. The van der Waals surface area contributed by atoms with Crippen LogP contribution in [-0.2, 0) is 9.59 Å². The fourth-order valence-corrected chi connectivity index (χ4v) is 3.33. The Labute approximate surface area is 136 Å². The first-order chi connectivity index (χ1) is 11.0. The SMILES string of the molecule is O=C(O)CC1CSCCN1C(=O)COc1cccc([N+](=O)[O-])c1. The van der Waals surface area contributed by atoms with Crippen molar-refractivity contribution in [1.82, 2.24) is 4.90 Å². The molecule has 1 saturated heterocycles. The van der Waals surface area contributed by atoms with E-state index in [4.69, 9.17) is 9.84 Å². The highest BCUT2D eigenvalue weighted by Gasteiger charge is 2.29. The summed E-state index contributed by atoms with van der Waals surface area (Å²) in [6.45, 7) is 0.196. The lowest BCUT2D eigenvalue weighted by atomic mass is 10.2. The van der Waals surface area contributed by atoms with Gasteiger partial charge >= 0.3 is 5.97 Å². The van der Waals surface area contributed by atoms with E-state index in [0.29, 0.717) is 12.3 Å². The lowest BCUT2D eigenvalue weighted by Gasteiger charge is -2.34. The Hall–Kier alpha value is -2.29. The van der Waals surface area contributed by atoms with Crippen LogP contribution in [0, 0.1) is 10.1 Å². The van der Waals surface area contributed by atoms with Gasteiger partial charge in [0.05, 0.1) is 23.5 Å². The molecule has 1 atom stereocenters. The Kier molecular flexibility index (Phi) is 5.80. The van der Waals surface area contributed by atoms with E-state index in [2.05, 4.69) is 0 Å². The lowest BCUT2D eigenvalue weighted by Crippen LogP contribution is -2.48. The number of benzene rings is 1. The number of ether oxygens (including phenoxy) is 1. The molecule has 1 aromatic rings. The zero-order chi connectivity index (χ0) is 16.8. The van der Waals surface area contributed by atoms with Crippen LogP contribution in [0.1, 0.15) is 6.42 Å². The van der Waals surface area contributed by atoms with E-state index in [0.717, 1.165) is 5.75 Å². The van der Waals surface area contributed by atoms with Crippen LogP contribution >= 0.6 is 11.8 Å². The Morgan fingerprint density at radius 3 is 2.96 bits per heavy atom. The molecule has 1 heterocycles. The molecule has 0 spiro atoms. The number of carbonyl (C=O) groups excluding carboxylic acids is 1. The van der Waals surface area contributed by atoms with E-state index in [1.54, 1.807) is 11.8 Å². The van der Waals surface area contributed by atoms with Crippen LogP contribution in [0.4, 0.5) is 5.69 Å². The smallest absolute Gasteiger partial charge is 0.305 e. The van der Waals surface area contributed by atoms with Crippen LogP contribution in [0.5, 0.6) is 5.75 Å². The fraction of sp³-hybridized carbons (Fsp3) is 0.429. The molecule has 0 radical (unpaired) electrons. The van der Waals surface area contributed by atoms with Crippen LogP contribution < -0.4 is 4.74 Å². The van der Waals surface area contributed by atoms with Crippen molar-refractivity contribution in [2.75, 3.05) is 24.7 Å². The van der Waals surface area contributed by atoms with Gasteiger partial charge < -0.3 is 14.7 Å². The van der Waals surface area contributed by atoms with Crippen molar-refractivity contribution >= 4 is 29.3 Å². The van der Waals surface area contributed by atoms with Gasteiger partial charge in [0.1, 0.15) is 5.75 Å². The number of nitrogens with zero attached hydrogens (tertiary/aromatic N) is 2. The van der Waals surface area contributed by atoms with Gasteiger partial charge in [0.2, 0.25) is 0 Å². The number of nitro benzene ring substituents is 1. The molecule has 0 bridgehead atoms. The van der Waals surface area contributed by atoms with Gasteiger partial charge in [0, 0.05) is 24.1 Å². The second kappa shape index (κ2) is 7.82. The third-order valence-electron chi connectivity index (χ3n) is 3.35. The minimum absolute atomic E-state index is 0.102. The quantitative estimate of drug-likeness (QED) is 0.615. The highest BCUT2D eigenvalue weighted by molar-refractivity contribution is 7.99. The van der Waals surface area contributed by atoms with Gasteiger partial charge in [-0.25, -0.2) is 0 Å². The summed E-state index contributed by atoms with van der Waals surface area (Å²) in [6.07, 6.45) is -0.102. The first-order valence-corrected chi connectivity index (χ1v) is 8.09. The largest absolute Gasteiger partial charge is 0.484 e. The third kappa shape index (κ3) is 4.85. The number of hydrogen-bond donors (Lipinski definition) is 1. The molecule has 1 unspecified atom stereocenters. The van der Waals surface area contributed by atoms with Crippen molar-refractivity contribution in [3.8, 4) is 5.75 Å². The molecule has 23 heavy (non-hydrogen) atoms. The second-order valence-electron chi connectivity index (χ2n) is 4.96. The van der Waals surface area contributed by atoms with Crippen molar-refractivity contribution in [3.63, 3.8) is 0 Å². The number of amides is 1. The maximum atomic E-state index is 12.2. The zero-order valence-corrected chi connectivity index (χ0v) is 13.0. The second-order valence-corrected chi connectivity index (χ2v) is 6.11. The average molecular weight is 340 g/mol. The molecule has 1 amide bonds. The summed E-state index contributed by atoms with van der Waals surface area (Å²) >= 11 is 1.61. The van der Waals surface area contributed by atoms with Crippen molar-refractivity contribution in [2.45, 2.75) is 12.5 Å². The number of carboxylic acid groups (broad SMARTS) is 1.